The maximum atomic E-state index is 11.0. The topological polar surface area (TPSA) is 43.1 Å². The van der Waals surface area contributed by atoms with Crippen molar-refractivity contribution in [2.24, 2.45) is 0 Å². The highest BCUT2D eigenvalue weighted by Gasteiger charge is 2.49. The van der Waals surface area contributed by atoms with Crippen LogP contribution in [-0.2, 0) is 5.41 Å². The molecule has 0 bridgehead atoms. The second kappa shape index (κ2) is 3.70. The minimum atomic E-state index is -0.580. The molecule has 1 saturated carbocycles. The lowest BCUT2D eigenvalue weighted by Crippen LogP contribution is -2.06. The number of carbonyl (C=O) groups is 1. The Morgan fingerprint density at radius 2 is 2.00 bits per heavy atom. The number of halogens is 1. The predicted molar refractivity (Wildman–Crippen MR) is 63.1 cm³/mol. The Morgan fingerprint density at radius 3 is 2.53 bits per heavy atom. The first-order chi connectivity index (χ1) is 8.22. The number of carbonyl (C=O) groups excluding carboxylic acids is 1. The van der Waals surface area contributed by atoms with E-state index in [0.29, 0.717) is 0 Å². The van der Waals surface area contributed by atoms with E-state index in [0.717, 1.165) is 18.6 Å². The molecule has 2 aromatic rings. The summed E-state index contributed by atoms with van der Waals surface area (Å²) in [5, 5.41) is 3.11. The molecule has 0 radical (unpaired) electrons. The number of aromatic nitrogens is 1. The lowest BCUT2D eigenvalue weighted by atomic mass is 9.93. The molecule has 0 spiro atoms. The van der Waals surface area contributed by atoms with Crippen LogP contribution in [0.15, 0.2) is 40.9 Å². The fourth-order valence-corrected chi connectivity index (χ4v) is 2.24. The van der Waals surface area contributed by atoms with Gasteiger partial charge in [-0.3, -0.25) is 4.79 Å². The normalized spacial score (nSPS) is 16.8. The lowest BCUT2D eigenvalue weighted by Gasteiger charge is -2.10. The molecule has 1 heterocycles. The maximum absolute atomic E-state index is 11.0. The van der Waals surface area contributed by atoms with Gasteiger partial charge < -0.3 is 4.52 Å². The molecule has 0 aliphatic heterocycles. The van der Waals surface area contributed by atoms with Crippen LogP contribution in [0.4, 0.5) is 0 Å². The zero-order valence-corrected chi connectivity index (χ0v) is 9.78. The van der Waals surface area contributed by atoms with E-state index >= 15 is 0 Å². The highest BCUT2D eigenvalue weighted by Crippen LogP contribution is 2.53. The monoisotopic (exact) mass is 247 g/mol. The first kappa shape index (κ1) is 10.5. The maximum Gasteiger partial charge on any atom is 0.274 e. The quantitative estimate of drug-likeness (QED) is 0.783. The van der Waals surface area contributed by atoms with E-state index in [1.165, 1.54) is 5.56 Å². The van der Waals surface area contributed by atoms with Gasteiger partial charge in [0.1, 0.15) is 5.76 Å². The summed E-state index contributed by atoms with van der Waals surface area (Å²) in [6.45, 7) is 0. The van der Waals surface area contributed by atoms with Crippen LogP contribution in [-0.4, -0.2) is 10.4 Å². The summed E-state index contributed by atoms with van der Waals surface area (Å²) < 4.78 is 5.25. The third-order valence-electron chi connectivity index (χ3n) is 3.26. The van der Waals surface area contributed by atoms with Crippen molar-refractivity contribution in [2.45, 2.75) is 18.3 Å². The molecule has 3 nitrogen and oxygen atoms in total. The fraction of sp³-hybridized carbons (Fsp3) is 0.231. The van der Waals surface area contributed by atoms with Crippen LogP contribution >= 0.6 is 11.6 Å². The molecule has 1 aromatic carbocycles. The summed E-state index contributed by atoms with van der Waals surface area (Å²) in [6, 6.07) is 11.8. The van der Waals surface area contributed by atoms with E-state index in [1.54, 1.807) is 6.07 Å². The molecule has 4 heteroatoms. The molecule has 0 amide bonds. The lowest BCUT2D eigenvalue weighted by molar-refractivity contribution is 0.107. The number of rotatable bonds is 3. The van der Waals surface area contributed by atoms with Gasteiger partial charge in [-0.15, -0.1) is 0 Å². The van der Waals surface area contributed by atoms with Gasteiger partial charge >= 0.3 is 0 Å². The third-order valence-corrected chi connectivity index (χ3v) is 3.45. The minimum absolute atomic E-state index is 0.0984. The average Bonchev–Trinajstić information content (AvgIpc) is 3.00. The van der Waals surface area contributed by atoms with Crippen LogP contribution in [0.25, 0.3) is 0 Å². The van der Waals surface area contributed by atoms with Gasteiger partial charge in [-0.1, -0.05) is 35.5 Å². The highest BCUT2D eigenvalue weighted by atomic mass is 35.5. The number of benzene rings is 1. The van der Waals surface area contributed by atoms with Gasteiger partial charge in [0.05, 0.1) is 5.41 Å². The van der Waals surface area contributed by atoms with Crippen LogP contribution in [0, 0.1) is 0 Å². The van der Waals surface area contributed by atoms with Crippen molar-refractivity contribution in [3.63, 3.8) is 0 Å². The van der Waals surface area contributed by atoms with Crippen LogP contribution in [0.1, 0.15) is 34.7 Å². The number of hydrogen-bond donors (Lipinski definition) is 0. The van der Waals surface area contributed by atoms with Gasteiger partial charge in [0, 0.05) is 6.07 Å². The molecule has 86 valence electrons. The van der Waals surface area contributed by atoms with Crippen molar-refractivity contribution >= 4 is 16.8 Å². The summed E-state index contributed by atoms with van der Waals surface area (Å²) in [5.41, 5.74) is 1.28. The summed E-state index contributed by atoms with van der Waals surface area (Å²) in [4.78, 5) is 11.0. The molecule has 0 atom stereocenters. The minimum Gasteiger partial charge on any atom is -0.360 e. The van der Waals surface area contributed by atoms with Gasteiger partial charge in [0.25, 0.3) is 5.24 Å². The molecular formula is C13H10ClNO2. The van der Waals surface area contributed by atoms with E-state index in [2.05, 4.69) is 17.3 Å². The van der Waals surface area contributed by atoms with Crippen LogP contribution in [0.3, 0.4) is 0 Å². The van der Waals surface area contributed by atoms with Crippen molar-refractivity contribution in [1.29, 1.82) is 0 Å². The van der Waals surface area contributed by atoms with E-state index in [9.17, 15) is 4.79 Å². The molecular weight excluding hydrogens is 238 g/mol. The van der Waals surface area contributed by atoms with Gasteiger partial charge in [-0.2, -0.15) is 0 Å². The SMILES string of the molecule is O=C(Cl)c1cc(C2(c3ccccc3)CC2)on1. The fourth-order valence-electron chi connectivity index (χ4n) is 2.15. The average molecular weight is 248 g/mol. The molecule has 0 unspecified atom stereocenters. The smallest absolute Gasteiger partial charge is 0.274 e. The first-order valence-corrected chi connectivity index (χ1v) is 5.83. The third kappa shape index (κ3) is 1.67. The van der Waals surface area contributed by atoms with Crippen LogP contribution in [0.2, 0.25) is 0 Å². The Labute approximate surface area is 103 Å². The molecule has 1 aliphatic rings. The van der Waals surface area contributed by atoms with Crippen LogP contribution < -0.4 is 0 Å². The van der Waals surface area contributed by atoms with Crippen molar-refractivity contribution in [2.75, 3.05) is 0 Å². The van der Waals surface area contributed by atoms with Gasteiger partial charge in [0.15, 0.2) is 5.69 Å². The zero-order valence-electron chi connectivity index (χ0n) is 9.02. The van der Waals surface area contributed by atoms with Crippen LogP contribution in [0.5, 0.6) is 0 Å². The van der Waals surface area contributed by atoms with Crippen molar-refractivity contribution in [3.8, 4) is 0 Å². The largest absolute Gasteiger partial charge is 0.360 e. The standard InChI is InChI=1S/C13H10ClNO2/c14-12(16)10-8-11(17-15-10)13(6-7-13)9-4-2-1-3-5-9/h1-5,8H,6-7H2. The zero-order chi connectivity index (χ0) is 11.9. The second-order valence-electron chi connectivity index (χ2n) is 4.30. The Kier molecular flexibility index (Phi) is 2.30. The number of nitrogens with zero attached hydrogens (tertiary/aromatic N) is 1. The van der Waals surface area contributed by atoms with Gasteiger partial charge in [-0.25, -0.2) is 0 Å². The predicted octanol–water partition coefficient (Wildman–Crippen LogP) is 3.13. The summed E-state index contributed by atoms with van der Waals surface area (Å²) in [5.74, 6) is 0.729. The summed E-state index contributed by atoms with van der Waals surface area (Å²) in [7, 11) is 0. The Morgan fingerprint density at radius 1 is 1.29 bits per heavy atom. The molecule has 0 N–H and O–H groups in total. The molecule has 1 aromatic heterocycles. The van der Waals surface area contributed by atoms with E-state index in [4.69, 9.17) is 16.1 Å². The molecule has 17 heavy (non-hydrogen) atoms. The Bertz CT molecular complexity index is 558. The molecule has 3 rings (SSSR count). The van der Waals surface area contributed by atoms with Crippen molar-refractivity contribution in [3.05, 3.63) is 53.4 Å². The first-order valence-electron chi connectivity index (χ1n) is 5.45. The molecule has 0 saturated heterocycles. The van der Waals surface area contributed by atoms with Crippen molar-refractivity contribution < 1.29 is 9.32 Å². The van der Waals surface area contributed by atoms with E-state index in [-0.39, 0.29) is 11.1 Å². The summed E-state index contributed by atoms with van der Waals surface area (Å²) in [6.07, 6.45) is 2.03. The van der Waals surface area contributed by atoms with Gasteiger partial charge in [-0.05, 0) is 30.0 Å². The van der Waals surface area contributed by atoms with Gasteiger partial charge in [0.2, 0.25) is 0 Å². The number of hydrogen-bond acceptors (Lipinski definition) is 3. The molecule has 1 fully saturated rings. The second-order valence-corrected chi connectivity index (χ2v) is 4.64. The van der Waals surface area contributed by atoms with Crippen molar-refractivity contribution in [1.82, 2.24) is 5.16 Å². The molecule has 1 aliphatic carbocycles. The summed E-state index contributed by atoms with van der Waals surface area (Å²) >= 11 is 5.37. The highest BCUT2D eigenvalue weighted by molar-refractivity contribution is 6.67. The Hall–Kier alpha value is -1.61. The van der Waals surface area contributed by atoms with E-state index < -0.39 is 5.24 Å². The Balaban J connectivity index is 2.01. The van der Waals surface area contributed by atoms with E-state index in [1.807, 2.05) is 18.2 Å².